The summed E-state index contributed by atoms with van der Waals surface area (Å²) in [6.07, 6.45) is -2.76. The molecule has 1 aromatic rings. The van der Waals surface area contributed by atoms with E-state index in [9.17, 15) is 18.0 Å². The van der Waals surface area contributed by atoms with Crippen molar-refractivity contribution in [3.8, 4) is 0 Å². The molecule has 7 heteroatoms. The number of aldehydes is 1. The minimum atomic E-state index is -4.16. The first-order chi connectivity index (χ1) is 9.32. The first-order valence-corrected chi connectivity index (χ1v) is 7.42. The Bertz CT molecular complexity index is 484. The zero-order chi connectivity index (χ0) is 14.9. The van der Waals surface area contributed by atoms with Gasteiger partial charge in [-0.05, 0) is 18.8 Å². The molecule has 0 bridgehead atoms. The highest BCUT2D eigenvalue weighted by atomic mass is 32.1. The van der Waals surface area contributed by atoms with E-state index in [-0.39, 0.29) is 18.9 Å². The molecule has 3 nitrogen and oxygen atoms in total. The number of carbonyl (C=O) groups excluding carboxylic acids is 1. The highest BCUT2D eigenvalue weighted by molar-refractivity contribution is 7.17. The van der Waals surface area contributed by atoms with Crippen LogP contribution in [0.3, 0.4) is 0 Å². The van der Waals surface area contributed by atoms with Crippen molar-refractivity contribution in [2.75, 3.05) is 18.0 Å². The predicted octanol–water partition coefficient (Wildman–Crippen LogP) is 3.86. The molecule has 0 aromatic carbocycles. The molecule has 1 aliphatic rings. The molecule has 1 unspecified atom stereocenters. The number of aromatic nitrogens is 1. The van der Waals surface area contributed by atoms with Gasteiger partial charge < -0.3 is 4.90 Å². The smallest absolute Gasteiger partial charge is 0.347 e. The molecule has 0 N–H and O–H groups in total. The molecular formula is C13H17F3N2OS. The Kier molecular flexibility index (Phi) is 4.36. The molecule has 1 saturated heterocycles. The molecule has 0 radical (unpaired) electrons. The third-order valence-corrected chi connectivity index (χ3v) is 4.54. The second kappa shape index (κ2) is 5.71. The predicted molar refractivity (Wildman–Crippen MR) is 72.6 cm³/mol. The number of rotatable bonds is 3. The van der Waals surface area contributed by atoms with Crippen LogP contribution in [-0.4, -0.2) is 30.5 Å². The van der Waals surface area contributed by atoms with Crippen LogP contribution in [0.4, 0.5) is 18.3 Å². The van der Waals surface area contributed by atoms with Gasteiger partial charge in [-0.2, -0.15) is 13.2 Å². The van der Waals surface area contributed by atoms with E-state index >= 15 is 0 Å². The van der Waals surface area contributed by atoms with E-state index < -0.39 is 12.1 Å². The van der Waals surface area contributed by atoms with Crippen molar-refractivity contribution in [1.82, 2.24) is 4.98 Å². The minimum absolute atomic E-state index is 0.0627. The normalized spacial score (nSPS) is 20.5. The number of halogens is 3. The maximum atomic E-state index is 12.8. The highest BCUT2D eigenvalue weighted by Gasteiger charge is 2.42. The second-order valence-corrected chi connectivity index (χ2v) is 6.35. The molecule has 2 heterocycles. The lowest BCUT2D eigenvalue weighted by Gasteiger charge is -2.33. The van der Waals surface area contributed by atoms with Crippen LogP contribution in [0.2, 0.25) is 0 Å². The van der Waals surface area contributed by atoms with E-state index in [2.05, 4.69) is 4.98 Å². The molecule has 20 heavy (non-hydrogen) atoms. The molecule has 0 spiro atoms. The van der Waals surface area contributed by atoms with Gasteiger partial charge in [0.2, 0.25) is 0 Å². The lowest BCUT2D eigenvalue weighted by molar-refractivity contribution is -0.175. The van der Waals surface area contributed by atoms with Crippen LogP contribution >= 0.6 is 11.3 Å². The van der Waals surface area contributed by atoms with Gasteiger partial charge in [0.05, 0.1) is 16.5 Å². The van der Waals surface area contributed by atoms with Crippen LogP contribution in [0.25, 0.3) is 0 Å². The molecule has 0 aliphatic carbocycles. The first kappa shape index (κ1) is 15.3. The van der Waals surface area contributed by atoms with Gasteiger partial charge in [-0.15, -0.1) is 0 Å². The highest BCUT2D eigenvalue weighted by Crippen LogP contribution is 2.37. The molecule has 112 valence electrons. The van der Waals surface area contributed by atoms with Crippen LogP contribution in [0.5, 0.6) is 0 Å². The monoisotopic (exact) mass is 306 g/mol. The van der Waals surface area contributed by atoms with E-state index in [1.165, 1.54) is 11.3 Å². The molecule has 2 rings (SSSR count). The van der Waals surface area contributed by atoms with Crippen molar-refractivity contribution < 1.29 is 18.0 Å². The van der Waals surface area contributed by atoms with Crippen molar-refractivity contribution >= 4 is 22.8 Å². The van der Waals surface area contributed by atoms with Crippen molar-refractivity contribution in [3.63, 3.8) is 0 Å². The Morgan fingerprint density at radius 2 is 2.15 bits per heavy atom. The van der Waals surface area contributed by atoms with Gasteiger partial charge in [-0.3, -0.25) is 4.79 Å². The number of piperidine rings is 1. The summed E-state index contributed by atoms with van der Waals surface area (Å²) in [5.41, 5.74) is 0.675. The summed E-state index contributed by atoms with van der Waals surface area (Å²) in [5, 5.41) is 0.532. The summed E-state index contributed by atoms with van der Waals surface area (Å²) in [6, 6.07) is 0. The van der Waals surface area contributed by atoms with Crippen LogP contribution < -0.4 is 4.90 Å². The molecular weight excluding hydrogens is 289 g/mol. The third kappa shape index (κ3) is 3.13. The molecule has 1 aromatic heterocycles. The van der Waals surface area contributed by atoms with E-state index in [0.717, 1.165) is 6.29 Å². The molecule has 0 amide bonds. The summed E-state index contributed by atoms with van der Waals surface area (Å²) in [6.45, 7) is 4.34. The summed E-state index contributed by atoms with van der Waals surface area (Å²) >= 11 is 1.19. The molecule has 1 fully saturated rings. The molecule has 1 atom stereocenters. The van der Waals surface area contributed by atoms with E-state index in [1.807, 2.05) is 13.8 Å². The lowest BCUT2D eigenvalue weighted by atomic mass is 9.98. The average Bonchev–Trinajstić information content (AvgIpc) is 2.82. The minimum Gasteiger partial charge on any atom is -0.347 e. The summed E-state index contributed by atoms with van der Waals surface area (Å²) in [4.78, 5) is 17.6. The SMILES string of the molecule is CC(C)c1nc(N2CCCC(C(F)(F)F)C2)sc1C=O. The number of carbonyl (C=O) groups is 1. The fourth-order valence-electron chi connectivity index (χ4n) is 2.38. The second-order valence-electron chi connectivity index (χ2n) is 5.35. The summed E-state index contributed by atoms with van der Waals surface area (Å²) < 4.78 is 38.4. The zero-order valence-electron chi connectivity index (χ0n) is 11.4. The number of nitrogens with zero attached hydrogens (tertiary/aromatic N) is 2. The van der Waals surface area contributed by atoms with Gasteiger partial charge in [0.25, 0.3) is 0 Å². The Morgan fingerprint density at radius 3 is 2.65 bits per heavy atom. The topological polar surface area (TPSA) is 33.2 Å². The third-order valence-electron chi connectivity index (χ3n) is 3.48. The lowest BCUT2D eigenvalue weighted by Crippen LogP contribution is -2.41. The number of anilines is 1. The van der Waals surface area contributed by atoms with Crippen LogP contribution in [-0.2, 0) is 0 Å². The Hall–Kier alpha value is -1.11. The van der Waals surface area contributed by atoms with E-state index in [1.54, 1.807) is 4.90 Å². The maximum absolute atomic E-state index is 12.8. The number of hydrogen-bond donors (Lipinski definition) is 0. The molecule has 1 aliphatic heterocycles. The van der Waals surface area contributed by atoms with E-state index in [4.69, 9.17) is 0 Å². The number of thiazole rings is 1. The average molecular weight is 306 g/mol. The Labute approximate surface area is 119 Å². The Morgan fingerprint density at radius 1 is 1.45 bits per heavy atom. The standard InChI is InChI=1S/C13H17F3N2OS/c1-8(2)11-10(7-19)20-12(17-11)18-5-3-4-9(6-18)13(14,15)16/h7-9H,3-6H2,1-2H3. The van der Waals surface area contributed by atoms with Gasteiger partial charge >= 0.3 is 6.18 Å². The Balaban J connectivity index is 2.21. The van der Waals surface area contributed by atoms with Crippen LogP contribution in [0.1, 0.15) is 48.0 Å². The number of hydrogen-bond acceptors (Lipinski definition) is 4. The van der Waals surface area contributed by atoms with Crippen molar-refractivity contribution in [2.45, 2.75) is 38.8 Å². The van der Waals surface area contributed by atoms with E-state index in [0.29, 0.717) is 28.7 Å². The largest absolute Gasteiger partial charge is 0.393 e. The van der Waals surface area contributed by atoms with Crippen molar-refractivity contribution in [2.24, 2.45) is 5.92 Å². The zero-order valence-corrected chi connectivity index (χ0v) is 12.2. The molecule has 0 saturated carbocycles. The van der Waals surface area contributed by atoms with Crippen molar-refractivity contribution in [1.29, 1.82) is 0 Å². The fraction of sp³-hybridized carbons (Fsp3) is 0.692. The number of alkyl halides is 3. The maximum Gasteiger partial charge on any atom is 0.393 e. The van der Waals surface area contributed by atoms with Gasteiger partial charge in [0.1, 0.15) is 0 Å². The van der Waals surface area contributed by atoms with Crippen LogP contribution in [0.15, 0.2) is 0 Å². The summed E-state index contributed by atoms with van der Waals surface area (Å²) in [5.74, 6) is -1.22. The van der Waals surface area contributed by atoms with Gasteiger partial charge in [-0.25, -0.2) is 4.98 Å². The fourth-order valence-corrected chi connectivity index (χ4v) is 3.45. The first-order valence-electron chi connectivity index (χ1n) is 6.60. The van der Waals surface area contributed by atoms with Crippen molar-refractivity contribution in [3.05, 3.63) is 10.6 Å². The quantitative estimate of drug-likeness (QED) is 0.795. The van der Waals surface area contributed by atoms with Gasteiger partial charge in [-0.1, -0.05) is 25.2 Å². The summed E-state index contributed by atoms with van der Waals surface area (Å²) in [7, 11) is 0. The van der Waals surface area contributed by atoms with Gasteiger partial charge in [0.15, 0.2) is 11.4 Å². The van der Waals surface area contributed by atoms with Gasteiger partial charge in [0, 0.05) is 13.1 Å². The van der Waals surface area contributed by atoms with Crippen LogP contribution in [0, 0.1) is 5.92 Å².